The molecule has 1 fully saturated rings. The number of pyridine rings is 1. The summed E-state index contributed by atoms with van der Waals surface area (Å²) in [6.07, 6.45) is 3.49. The van der Waals surface area contributed by atoms with E-state index in [1.165, 1.54) is 4.90 Å². The van der Waals surface area contributed by atoms with Crippen molar-refractivity contribution in [1.29, 1.82) is 0 Å². The number of carbonyl (C=O) groups is 2. The number of rotatable bonds is 7. The smallest absolute Gasteiger partial charge is 0.295 e. The van der Waals surface area contributed by atoms with Gasteiger partial charge < -0.3 is 24.2 Å². The maximum Gasteiger partial charge on any atom is 0.295 e. The Morgan fingerprint density at radius 3 is 2.45 bits per heavy atom. The molecule has 200 valence electrons. The number of benzene rings is 3. The van der Waals surface area contributed by atoms with Gasteiger partial charge in [0.05, 0.1) is 6.04 Å². The lowest BCUT2D eigenvalue weighted by Gasteiger charge is -2.28. The minimum atomic E-state index is -0.898. The summed E-state index contributed by atoms with van der Waals surface area (Å²) in [6, 6.07) is 24.5. The van der Waals surface area contributed by atoms with Crippen molar-refractivity contribution in [3.8, 4) is 17.2 Å². The molecular formula is C32H26N2O6. The molecule has 40 heavy (non-hydrogen) atoms. The molecule has 8 nitrogen and oxygen atoms in total. The van der Waals surface area contributed by atoms with Gasteiger partial charge in [-0.2, -0.15) is 0 Å². The number of nitrogens with zero attached hydrogens (tertiary/aromatic N) is 1. The van der Waals surface area contributed by atoms with E-state index < -0.39 is 23.5 Å². The van der Waals surface area contributed by atoms with Crippen LogP contribution in [0.4, 0.5) is 0 Å². The van der Waals surface area contributed by atoms with Gasteiger partial charge in [-0.15, -0.1) is 0 Å². The first-order valence-corrected chi connectivity index (χ1v) is 13.0. The van der Waals surface area contributed by atoms with Crippen LogP contribution in [0.5, 0.6) is 17.2 Å². The summed E-state index contributed by atoms with van der Waals surface area (Å²) in [5, 5.41) is 13.9. The number of likely N-dealkylation sites (tertiary alicyclic amines) is 1. The van der Waals surface area contributed by atoms with Gasteiger partial charge in [0, 0.05) is 24.3 Å². The molecule has 1 saturated heterocycles. The summed E-state index contributed by atoms with van der Waals surface area (Å²) in [5.41, 5.74) is 2.56. The molecule has 0 saturated carbocycles. The second-order valence-electron chi connectivity index (χ2n) is 9.52. The molecule has 3 heterocycles. The molecule has 0 radical (unpaired) electrons. The van der Waals surface area contributed by atoms with E-state index in [-0.39, 0.29) is 17.7 Å². The Bertz CT molecular complexity index is 1590. The Kier molecular flexibility index (Phi) is 6.89. The van der Waals surface area contributed by atoms with Crippen LogP contribution in [0.1, 0.15) is 28.3 Å². The number of H-pyrrole nitrogens is 1. The normalized spacial score (nSPS) is 17.6. The standard InChI is InChI=1S/C32H26N2O6/c35-30(24-9-10-26-27(18-24)39-16-15-38-26)28-29(34(32(37)31(28)36)19-21-11-13-33-14-12-21)23-7-4-8-25(17-23)40-20-22-5-2-1-3-6-22/h1-14,17-18,29,35H,15-16,19-20H2/b30-28+. The van der Waals surface area contributed by atoms with Crippen LogP contribution in [-0.4, -0.2) is 29.8 Å². The summed E-state index contributed by atoms with van der Waals surface area (Å²) >= 11 is 0. The fourth-order valence-corrected chi connectivity index (χ4v) is 4.96. The van der Waals surface area contributed by atoms with Gasteiger partial charge in [0.25, 0.3) is 5.91 Å². The fraction of sp³-hybridized carbons (Fsp3) is 0.156. The van der Waals surface area contributed by atoms with Crippen LogP contribution in [0.3, 0.4) is 0 Å². The highest BCUT2D eigenvalue weighted by Gasteiger charge is 2.44. The number of aromatic amines is 1. The molecule has 3 aromatic carbocycles. The van der Waals surface area contributed by atoms with Gasteiger partial charge in [-0.1, -0.05) is 54.3 Å². The van der Waals surface area contributed by atoms with E-state index in [1.54, 1.807) is 48.8 Å². The second-order valence-corrected chi connectivity index (χ2v) is 9.52. The van der Waals surface area contributed by atoms with Gasteiger partial charge in [0.15, 0.2) is 23.9 Å². The lowest BCUT2D eigenvalue weighted by molar-refractivity contribution is -0.378. The largest absolute Gasteiger partial charge is 0.872 e. The van der Waals surface area contributed by atoms with Gasteiger partial charge in [0.1, 0.15) is 25.6 Å². The average molecular weight is 535 g/mol. The van der Waals surface area contributed by atoms with Crippen LogP contribution in [0, 0.1) is 0 Å². The van der Waals surface area contributed by atoms with Crippen molar-refractivity contribution < 1.29 is 33.9 Å². The number of ketones is 1. The Hall–Kier alpha value is -5.11. The van der Waals surface area contributed by atoms with E-state index in [9.17, 15) is 14.7 Å². The molecule has 1 unspecified atom stereocenters. The summed E-state index contributed by atoms with van der Waals surface area (Å²) in [5.74, 6) is -0.547. The van der Waals surface area contributed by atoms with Crippen molar-refractivity contribution in [2.24, 2.45) is 0 Å². The summed E-state index contributed by atoms with van der Waals surface area (Å²) in [4.78, 5) is 31.2. The van der Waals surface area contributed by atoms with Crippen molar-refractivity contribution in [3.05, 3.63) is 125 Å². The Morgan fingerprint density at radius 2 is 1.65 bits per heavy atom. The zero-order valence-corrected chi connectivity index (χ0v) is 21.5. The number of hydrogen-bond acceptors (Lipinski definition) is 6. The van der Waals surface area contributed by atoms with Gasteiger partial charge >= 0.3 is 0 Å². The number of Topliss-reactive ketones (excluding diaryl/α,β-unsaturated/α-hetero) is 1. The Labute approximate surface area is 231 Å². The number of hydrogen-bond donors (Lipinski definition) is 0. The topological polar surface area (TPSA) is 102 Å². The highest BCUT2D eigenvalue weighted by Crippen LogP contribution is 2.41. The molecule has 2 aliphatic rings. The first-order valence-electron chi connectivity index (χ1n) is 13.0. The fourth-order valence-electron chi connectivity index (χ4n) is 4.96. The zero-order valence-electron chi connectivity index (χ0n) is 21.5. The third-order valence-electron chi connectivity index (χ3n) is 6.90. The monoisotopic (exact) mass is 534 g/mol. The van der Waals surface area contributed by atoms with Crippen molar-refractivity contribution >= 4 is 17.4 Å². The van der Waals surface area contributed by atoms with Gasteiger partial charge in [0.2, 0.25) is 5.78 Å². The molecule has 0 aliphatic carbocycles. The zero-order chi connectivity index (χ0) is 27.5. The summed E-state index contributed by atoms with van der Waals surface area (Å²) in [7, 11) is 0. The van der Waals surface area contributed by atoms with Crippen LogP contribution in [0.25, 0.3) is 5.76 Å². The first-order chi connectivity index (χ1) is 19.6. The molecule has 8 heteroatoms. The third-order valence-corrected chi connectivity index (χ3v) is 6.90. The number of fused-ring (bicyclic) bond motifs is 1. The number of ether oxygens (including phenoxy) is 3. The molecule has 1 atom stereocenters. The SMILES string of the molecule is O=C1C(=O)N(Cc2cc[nH+]cc2)C(c2cccc(OCc3ccccc3)c2)/C1=C(\[O-])c1ccc2c(c1)OCCO2. The van der Waals surface area contributed by atoms with E-state index in [0.717, 1.165) is 11.1 Å². The minimum absolute atomic E-state index is 0.107. The molecule has 1 N–H and O–H groups in total. The molecule has 0 spiro atoms. The lowest BCUT2D eigenvalue weighted by atomic mass is 9.95. The number of aromatic nitrogens is 1. The van der Waals surface area contributed by atoms with E-state index in [0.29, 0.717) is 42.6 Å². The van der Waals surface area contributed by atoms with Crippen LogP contribution >= 0.6 is 0 Å². The molecule has 2 aliphatic heterocycles. The van der Waals surface area contributed by atoms with Gasteiger partial charge in [-0.05, 0) is 46.5 Å². The quantitative estimate of drug-likeness (QED) is 0.205. The van der Waals surface area contributed by atoms with Crippen LogP contribution in [0.15, 0.2) is 103 Å². The summed E-state index contributed by atoms with van der Waals surface area (Å²) in [6.45, 7) is 1.28. The van der Waals surface area contributed by atoms with Crippen molar-refractivity contribution in [2.45, 2.75) is 19.2 Å². The van der Waals surface area contributed by atoms with Crippen LogP contribution < -0.4 is 24.3 Å². The molecular weight excluding hydrogens is 508 g/mol. The molecule has 1 aromatic heterocycles. The number of amides is 1. The maximum atomic E-state index is 13.9. The lowest BCUT2D eigenvalue weighted by Crippen LogP contribution is -2.29. The first kappa shape index (κ1) is 25.2. The predicted molar refractivity (Wildman–Crippen MR) is 143 cm³/mol. The van der Waals surface area contributed by atoms with Crippen molar-refractivity contribution in [3.63, 3.8) is 0 Å². The second kappa shape index (κ2) is 10.9. The Morgan fingerprint density at radius 1 is 0.875 bits per heavy atom. The molecule has 1 amide bonds. The highest BCUT2D eigenvalue weighted by molar-refractivity contribution is 6.46. The van der Waals surface area contributed by atoms with E-state index in [4.69, 9.17) is 14.2 Å². The Balaban J connectivity index is 1.41. The van der Waals surface area contributed by atoms with Crippen molar-refractivity contribution in [2.75, 3.05) is 13.2 Å². The number of nitrogens with one attached hydrogen (secondary N) is 1. The van der Waals surface area contributed by atoms with Crippen LogP contribution in [-0.2, 0) is 22.7 Å². The van der Waals surface area contributed by atoms with Crippen molar-refractivity contribution in [1.82, 2.24) is 4.90 Å². The molecule has 4 aromatic rings. The van der Waals surface area contributed by atoms with E-state index >= 15 is 0 Å². The summed E-state index contributed by atoms with van der Waals surface area (Å²) < 4.78 is 17.2. The maximum absolute atomic E-state index is 13.9. The number of carbonyl (C=O) groups excluding carboxylic acids is 2. The molecule has 0 bridgehead atoms. The average Bonchev–Trinajstić information content (AvgIpc) is 3.25. The minimum Gasteiger partial charge on any atom is -0.872 e. The van der Waals surface area contributed by atoms with Crippen LogP contribution in [0.2, 0.25) is 0 Å². The third kappa shape index (κ3) is 4.99. The van der Waals surface area contributed by atoms with Gasteiger partial charge in [-0.25, -0.2) is 4.98 Å². The highest BCUT2D eigenvalue weighted by atomic mass is 16.6. The van der Waals surface area contributed by atoms with Gasteiger partial charge in [-0.3, -0.25) is 9.59 Å². The van der Waals surface area contributed by atoms with E-state index in [1.807, 2.05) is 48.5 Å². The predicted octanol–water partition coefficient (Wildman–Crippen LogP) is 3.28. The van der Waals surface area contributed by atoms with E-state index in [2.05, 4.69) is 4.98 Å². The molecule has 6 rings (SSSR count).